The molecule has 2 heterocycles. The first-order chi connectivity index (χ1) is 12.4. The summed E-state index contributed by atoms with van der Waals surface area (Å²) >= 11 is 12.0. The monoisotopic (exact) mass is 397 g/mol. The first-order valence-electron chi connectivity index (χ1n) is 8.65. The summed E-state index contributed by atoms with van der Waals surface area (Å²) < 4.78 is 7.56. The topological polar surface area (TPSA) is 71.6 Å². The molecule has 1 aliphatic heterocycles. The Hall–Kier alpha value is -1.76. The minimum Gasteiger partial charge on any atom is -0.498 e. The van der Waals surface area contributed by atoms with Gasteiger partial charge < -0.3 is 14.6 Å². The number of quaternary nitrogens is 1. The van der Waals surface area contributed by atoms with Gasteiger partial charge in [0.05, 0.1) is 35.4 Å². The van der Waals surface area contributed by atoms with Gasteiger partial charge in [0.25, 0.3) is 6.09 Å². The SMILES string of the molecule is Cc1cc(OCCC2CC[NH+](C(=O)[O-])CC2)nn1-c1ccc(Cl)c(Cl)c1. The molecular formula is C18H21Cl2N3O3. The van der Waals surface area contributed by atoms with Crippen LogP contribution in [0.2, 0.25) is 10.0 Å². The molecule has 8 heteroatoms. The van der Waals surface area contributed by atoms with E-state index < -0.39 is 6.09 Å². The van der Waals surface area contributed by atoms with Crippen LogP contribution in [0.3, 0.4) is 0 Å². The fraction of sp³-hybridized carbons (Fsp3) is 0.444. The molecule has 26 heavy (non-hydrogen) atoms. The summed E-state index contributed by atoms with van der Waals surface area (Å²) in [6.45, 7) is 3.75. The van der Waals surface area contributed by atoms with Crippen LogP contribution in [-0.2, 0) is 0 Å². The van der Waals surface area contributed by atoms with E-state index in [2.05, 4.69) is 5.10 Å². The van der Waals surface area contributed by atoms with Crippen LogP contribution in [0.1, 0.15) is 25.0 Å². The third-order valence-electron chi connectivity index (χ3n) is 4.79. The van der Waals surface area contributed by atoms with Crippen molar-refractivity contribution in [2.75, 3.05) is 19.7 Å². The smallest absolute Gasteiger partial charge is 0.255 e. The largest absolute Gasteiger partial charge is 0.498 e. The first kappa shape index (κ1) is 19.0. The van der Waals surface area contributed by atoms with Crippen LogP contribution in [0.4, 0.5) is 4.79 Å². The van der Waals surface area contributed by atoms with E-state index in [1.807, 2.05) is 19.1 Å². The predicted molar refractivity (Wildman–Crippen MR) is 97.2 cm³/mol. The standard InChI is InChI=1S/C18H21Cl2N3O3/c1-12-10-17(21-23(12)14-2-3-15(19)16(20)11-14)26-9-6-13-4-7-22(8-5-13)18(24)25/h2-3,10-11,13H,4-9H2,1H3,(H,24,25). The number of carboxylic acid groups (broad SMARTS) is 1. The van der Waals surface area contributed by atoms with Gasteiger partial charge in [0.15, 0.2) is 0 Å². The Morgan fingerprint density at radius 1 is 1.31 bits per heavy atom. The molecule has 1 fully saturated rings. The van der Waals surface area contributed by atoms with E-state index in [0.29, 0.717) is 46.4 Å². The molecule has 0 bridgehead atoms. The number of carbonyl (C=O) groups excluding carboxylic acids is 1. The maximum atomic E-state index is 10.9. The van der Waals surface area contributed by atoms with Crippen LogP contribution < -0.4 is 14.7 Å². The van der Waals surface area contributed by atoms with Gasteiger partial charge in [0, 0.05) is 24.6 Å². The van der Waals surface area contributed by atoms with Crippen molar-refractivity contribution in [2.45, 2.75) is 26.2 Å². The molecule has 3 rings (SSSR count). The second-order valence-electron chi connectivity index (χ2n) is 6.61. The van der Waals surface area contributed by atoms with Gasteiger partial charge in [-0.25, -0.2) is 4.68 Å². The number of nitrogens with zero attached hydrogens (tertiary/aromatic N) is 2. The number of aryl methyl sites for hydroxylation is 1. The van der Waals surface area contributed by atoms with Crippen LogP contribution in [0.25, 0.3) is 5.69 Å². The molecular weight excluding hydrogens is 377 g/mol. The van der Waals surface area contributed by atoms with Gasteiger partial charge in [-0.3, -0.25) is 4.90 Å². The Kier molecular flexibility index (Phi) is 6.06. The summed E-state index contributed by atoms with van der Waals surface area (Å²) in [5, 5.41) is 16.3. The van der Waals surface area contributed by atoms with Crippen molar-refractivity contribution in [1.29, 1.82) is 0 Å². The third kappa shape index (κ3) is 4.50. The van der Waals surface area contributed by atoms with E-state index in [4.69, 9.17) is 27.9 Å². The molecule has 0 unspecified atom stereocenters. The molecule has 6 nitrogen and oxygen atoms in total. The van der Waals surface area contributed by atoms with E-state index in [-0.39, 0.29) is 0 Å². The molecule has 0 saturated carbocycles. The lowest BCUT2D eigenvalue weighted by Crippen LogP contribution is -3.17. The third-order valence-corrected chi connectivity index (χ3v) is 5.53. The Morgan fingerprint density at radius 3 is 2.69 bits per heavy atom. The summed E-state index contributed by atoms with van der Waals surface area (Å²) in [7, 11) is 0. The van der Waals surface area contributed by atoms with Gasteiger partial charge in [-0.1, -0.05) is 23.2 Å². The van der Waals surface area contributed by atoms with E-state index in [9.17, 15) is 9.90 Å². The number of hydrogen-bond donors (Lipinski definition) is 1. The zero-order valence-corrected chi connectivity index (χ0v) is 16.0. The van der Waals surface area contributed by atoms with Crippen molar-refractivity contribution in [2.24, 2.45) is 5.92 Å². The molecule has 1 aromatic carbocycles. The average Bonchev–Trinajstić information content (AvgIpc) is 2.98. The minimum absolute atomic E-state index is 0.478. The van der Waals surface area contributed by atoms with Crippen molar-refractivity contribution in [3.8, 4) is 11.6 Å². The maximum absolute atomic E-state index is 10.9. The number of amides is 1. The molecule has 140 valence electrons. The first-order valence-corrected chi connectivity index (χ1v) is 9.40. The Balaban J connectivity index is 1.53. The second-order valence-corrected chi connectivity index (χ2v) is 7.42. The number of piperidine rings is 1. The van der Waals surface area contributed by atoms with Gasteiger partial charge in [-0.15, -0.1) is 5.10 Å². The summed E-state index contributed by atoms with van der Waals surface area (Å²) in [5.41, 5.74) is 1.76. The number of halogens is 2. The Labute approximate surface area is 162 Å². The normalized spacial score (nSPS) is 20.1. The van der Waals surface area contributed by atoms with Crippen molar-refractivity contribution in [1.82, 2.24) is 9.78 Å². The number of aromatic nitrogens is 2. The number of nitrogens with one attached hydrogen (secondary N) is 1. The number of rotatable bonds is 5. The number of hydrogen-bond acceptors (Lipinski definition) is 4. The molecule has 0 atom stereocenters. The van der Waals surface area contributed by atoms with Crippen LogP contribution in [-0.4, -0.2) is 35.6 Å². The van der Waals surface area contributed by atoms with Gasteiger partial charge in [-0.2, -0.15) is 0 Å². The van der Waals surface area contributed by atoms with Crippen molar-refractivity contribution < 1.29 is 19.5 Å². The number of likely N-dealkylation sites (tertiary alicyclic amines) is 1. The molecule has 0 aliphatic carbocycles. The Bertz CT molecular complexity index is 786. The molecule has 1 N–H and O–H groups in total. The minimum atomic E-state index is -0.997. The highest BCUT2D eigenvalue weighted by molar-refractivity contribution is 6.42. The lowest BCUT2D eigenvalue weighted by Gasteiger charge is -2.28. The van der Waals surface area contributed by atoms with Crippen molar-refractivity contribution >= 4 is 29.3 Å². The molecule has 0 spiro atoms. The van der Waals surface area contributed by atoms with Gasteiger partial charge in [0.2, 0.25) is 5.88 Å². The summed E-state index contributed by atoms with van der Waals surface area (Å²) in [6, 6.07) is 7.24. The average molecular weight is 398 g/mol. The van der Waals surface area contributed by atoms with Gasteiger partial charge in [-0.05, 0) is 37.5 Å². The molecule has 1 aromatic heterocycles. The molecule has 1 saturated heterocycles. The summed E-state index contributed by atoms with van der Waals surface area (Å²) in [6.07, 6.45) is 1.65. The van der Waals surface area contributed by atoms with Crippen LogP contribution in [0, 0.1) is 12.8 Å². The number of carbonyl (C=O) groups is 1. The van der Waals surface area contributed by atoms with E-state index >= 15 is 0 Å². The van der Waals surface area contributed by atoms with Crippen LogP contribution in [0.15, 0.2) is 24.3 Å². The van der Waals surface area contributed by atoms with E-state index in [1.54, 1.807) is 16.8 Å². The highest BCUT2D eigenvalue weighted by Gasteiger charge is 2.23. The van der Waals surface area contributed by atoms with E-state index in [0.717, 1.165) is 30.6 Å². The van der Waals surface area contributed by atoms with Gasteiger partial charge >= 0.3 is 0 Å². The molecule has 1 aliphatic rings. The van der Waals surface area contributed by atoms with Crippen molar-refractivity contribution in [3.05, 3.63) is 40.0 Å². The number of benzene rings is 1. The van der Waals surface area contributed by atoms with E-state index in [1.165, 1.54) is 0 Å². The van der Waals surface area contributed by atoms with Crippen molar-refractivity contribution in [3.63, 3.8) is 0 Å². The van der Waals surface area contributed by atoms with Crippen LogP contribution >= 0.6 is 23.2 Å². The maximum Gasteiger partial charge on any atom is 0.255 e. The molecule has 1 amide bonds. The highest BCUT2D eigenvalue weighted by Crippen LogP contribution is 2.26. The van der Waals surface area contributed by atoms with Gasteiger partial charge in [0.1, 0.15) is 0 Å². The molecule has 0 radical (unpaired) electrons. The second kappa shape index (κ2) is 8.29. The van der Waals surface area contributed by atoms with Crippen LogP contribution in [0.5, 0.6) is 5.88 Å². The lowest BCUT2D eigenvalue weighted by molar-refractivity contribution is -0.851. The fourth-order valence-corrected chi connectivity index (χ4v) is 3.54. The zero-order valence-electron chi connectivity index (χ0n) is 14.5. The molecule has 2 aromatic rings. The highest BCUT2D eigenvalue weighted by atomic mass is 35.5. The predicted octanol–water partition coefficient (Wildman–Crippen LogP) is 1.89. The quantitative estimate of drug-likeness (QED) is 0.835. The number of ether oxygens (including phenoxy) is 1. The summed E-state index contributed by atoms with van der Waals surface area (Å²) in [5.74, 6) is 1.04. The Morgan fingerprint density at radius 2 is 2.04 bits per heavy atom. The zero-order chi connectivity index (χ0) is 18.7. The fourth-order valence-electron chi connectivity index (χ4n) is 3.24. The lowest BCUT2D eigenvalue weighted by atomic mass is 9.94. The summed E-state index contributed by atoms with van der Waals surface area (Å²) in [4.78, 5) is 11.4.